The average molecular weight is 366 g/mol. The summed E-state index contributed by atoms with van der Waals surface area (Å²) in [5.41, 5.74) is 2.56. The van der Waals surface area contributed by atoms with E-state index in [9.17, 15) is 0 Å². The molecule has 0 radical (unpaired) electrons. The first-order chi connectivity index (χ1) is 10.2. The Balaban J connectivity index is 1.88. The van der Waals surface area contributed by atoms with E-state index in [0.717, 1.165) is 12.3 Å². The molecular formula is C17H20BrNOS. The molecule has 1 aromatic carbocycles. The van der Waals surface area contributed by atoms with Crippen LogP contribution in [0.4, 0.5) is 0 Å². The molecule has 0 aliphatic heterocycles. The van der Waals surface area contributed by atoms with Crippen LogP contribution in [0.15, 0.2) is 34.1 Å². The van der Waals surface area contributed by atoms with Crippen LogP contribution in [0.3, 0.4) is 0 Å². The zero-order valence-electron chi connectivity index (χ0n) is 12.4. The zero-order valence-corrected chi connectivity index (χ0v) is 14.8. The van der Waals surface area contributed by atoms with Gasteiger partial charge in [0.25, 0.3) is 0 Å². The molecule has 1 saturated carbocycles. The number of halogens is 1. The summed E-state index contributed by atoms with van der Waals surface area (Å²) in [5, 5.41) is 3.59. The minimum atomic E-state index is 0.229. The van der Waals surface area contributed by atoms with Crippen molar-refractivity contribution in [1.82, 2.24) is 5.32 Å². The largest absolute Gasteiger partial charge is 0.490 e. The summed E-state index contributed by atoms with van der Waals surface area (Å²) >= 11 is 5.43. The average Bonchev–Trinajstić information content (AvgIpc) is 3.22. The fourth-order valence-electron chi connectivity index (χ4n) is 2.36. The molecule has 0 spiro atoms. The van der Waals surface area contributed by atoms with Gasteiger partial charge in [-0.2, -0.15) is 0 Å². The van der Waals surface area contributed by atoms with Crippen LogP contribution in [0.2, 0.25) is 0 Å². The second-order valence-corrected chi connectivity index (χ2v) is 7.89. The molecule has 2 aromatic rings. The Hall–Kier alpha value is -0.840. The second-order valence-electron chi connectivity index (χ2n) is 5.49. The van der Waals surface area contributed by atoms with E-state index in [2.05, 4.69) is 65.4 Å². The van der Waals surface area contributed by atoms with Gasteiger partial charge in [0.05, 0.1) is 15.9 Å². The minimum Gasteiger partial charge on any atom is -0.490 e. The number of aryl methyl sites for hydroxylation is 1. The fraction of sp³-hybridized carbons (Fsp3) is 0.412. The maximum Gasteiger partial charge on any atom is 0.120 e. The number of thiophene rings is 1. The maximum atomic E-state index is 5.93. The number of ether oxygens (including phenoxy) is 1. The van der Waals surface area contributed by atoms with Gasteiger partial charge in [-0.3, -0.25) is 0 Å². The first-order valence-electron chi connectivity index (χ1n) is 7.43. The number of hydrogen-bond acceptors (Lipinski definition) is 3. The van der Waals surface area contributed by atoms with E-state index >= 15 is 0 Å². The van der Waals surface area contributed by atoms with E-state index < -0.39 is 0 Å². The van der Waals surface area contributed by atoms with Crippen molar-refractivity contribution in [3.8, 4) is 5.75 Å². The highest BCUT2D eigenvalue weighted by atomic mass is 79.9. The quantitative estimate of drug-likeness (QED) is 0.772. The third kappa shape index (κ3) is 3.68. The van der Waals surface area contributed by atoms with Crippen LogP contribution in [-0.2, 0) is 0 Å². The van der Waals surface area contributed by atoms with Gasteiger partial charge < -0.3 is 10.1 Å². The molecule has 1 aliphatic rings. The van der Waals surface area contributed by atoms with Crippen molar-refractivity contribution in [2.24, 2.45) is 0 Å². The first kappa shape index (κ1) is 15.1. The van der Waals surface area contributed by atoms with Gasteiger partial charge in [-0.15, -0.1) is 11.3 Å². The Labute approximate surface area is 138 Å². The van der Waals surface area contributed by atoms with Crippen molar-refractivity contribution in [2.75, 3.05) is 6.54 Å². The highest BCUT2D eigenvalue weighted by Gasteiger charge is 2.24. The van der Waals surface area contributed by atoms with Crippen molar-refractivity contribution in [3.05, 3.63) is 50.1 Å². The van der Waals surface area contributed by atoms with Crippen molar-refractivity contribution in [1.29, 1.82) is 0 Å². The second kappa shape index (κ2) is 6.51. The van der Waals surface area contributed by atoms with Gasteiger partial charge in [0.15, 0.2) is 0 Å². The number of hydrogen-bond donors (Lipinski definition) is 1. The summed E-state index contributed by atoms with van der Waals surface area (Å²) in [6.07, 6.45) is 2.83. The SMILES string of the molecule is CCNC(c1cccc(OC2CC2)c1)c1cc(C)c(Br)s1. The Morgan fingerprint density at radius 2 is 2.19 bits per heavy atom. The summed E-state index contributed by atoms with van der Waals surface area (Å²) in [4.78, 5) is 1.34. The van der Waals surface area contributed by atoms with E-state index in [1.165, 1.54) is 32.6 Å². The predicted molar refractivity (Wildman–Crippen MR) is 92.4 cm³/mol. The summed E-state index contributed by atoms with van der Waals surface area (Å²) in [6.45, 7) is 5.22. The third-order valence-electron chi connectivity index (χ3n) is 3.59. The summed E-state index contributed by atoms with van der Waals surface area (Å²) in [7, 11) is 0. The van der Waals surface area contributed by atoms with Gasteiger partial charge in [0.2, 0.25) is 0 Å². The van der Waals surface area contributed by atoms with E-state index in [0.29, 0.717) is 6.10 Å². The van der Waals surface area contributed by atoms with Crippen molar-refractivity contribution < 1.29 is 4.74 Å². The summed E-state index contributed by atoms with van der Waals surface area (Å²) in [5.74, 6) is 0.991. The summed E-state index contributed by atoms with van der Waals surface area (Å²) in [6, 6.07) is 11.0. The number of rotatable bonds is 6. The Morgan fingerprint density at radius 3 is 2.81 bits per heavy atom. The van der Waals surface area contributed by atoms with Gasteiger partial charge in [-0.05, 0) is 71.6 Å². The molecule has 21 heavy (non-hydrogen) atoms. The van der Waals surface area contributed by atoms with Crippen molar-refractivity contribution in [2.45, 2.75) is 38.8 Å². The molecule has 1 fully saturated rings. The summed E-state index contributed by atoms with van der Waals surface area (Å²) < 4.78 is 7.14. The molecule has 2 nitrogen and oxygen atoms in total. The van der Waals surface area contributed by atoms with Crippen molar-refractivity contribution in [3.63, 3.8) is 0 Å². The molecule has 1 unspecified atom stereocenters. The number of nitrogens with one attached hydrogen (secondary N) is 1. The molecule has 1 aromatic heterocycles. The van der Waals surface area contributed by atoms with Crippen LogP contribution in [-0.4, -0.2) is 12.6 Å². The Morgan fingerprint density at radius 1 is 1.38 bits per heavy atom. The lowest BCUT2D eigenvalue weighted by Crippen LogP contribution is -2.21. The third-order valence-corrected chi connectivity index (χ3v) is 5.79. The van der Waals surface area contributed by atoms with E-state index in [1.54, 1.807) is 11.3 Å². The Bertz CT molecular complexity index is 602. The standard InChI is InChI=1S/C17H20BrNOS/c1-3-19-16(15-9-11(2)17(18)21-15)12-5-4-6-14(10-12)20-13-7-8-13/h4-6,9-10,13,16,19H,3,7-8H2,1-2H3. The van der Waals surface area contributed by atoms with Crippen LogP contribution in [0.1, 0.15) is 41.8 Å². The van der Waals surface area contributed by atoms with Crippen molar-refractivity contribution >= 4 is 27.3 Å². The molecule has 4 heteroatoms. The molecule has 3 rings (SSSR count). The van der Waals surface area contributed by atoms with Crippen LogP contribution >= 0.6 is 27.3 Å². The topological polar surface area (TPSA) is 21.3 Å². The molecule has 0 amide bonds. The van der Waals surface area contributed by atoms with Gasteiger partial charge in [0.1, 0.15) is 5.75 Å². The lowest BCUT2D eigenvalue weighted by molar-refractivity contribution is 0.302. The lowest BCUT2D eigenvalue weighted by atomic mass is 10.0. The minimum absolute atomic E-state index is 0.229. The fourth-order valence-corrected chi connectivity index (χ4v) is 4.03. The first-order valence-corrected chi connectivity index (χ1v) is 9.04. The molecule has 0 saturated heterocycles. The maximum absolute atomic E-state index is 5.93. The molecule has 0 bridgehead atoms. The molecule has 1 N–H and O–H groups in total. The highest BCUT2D eigenvalue weighted by Crippen LogP contribution is 2.36. The van der Waals surface area contributed by atoms with Crippen LogP contribution < -0.4 is 10.1 Å². The molecular weight excluding hydrogens is 346 g/mol. The Kier molecular flexibility index (Phi) is 4.67. The van der Waals surface area contributed by atoms with Gasteiger partial charge in [-0.1, -0.05) is 19.1 Å². The van der Waals surface area contributed by atoms with Gasteiger partial charge in [-0.25, -0.2) is 0 Å². The highest BCUT2D eigenvalue weighted by molar-refractivity contribution is 9.11. The molecule has 1 aliphatic carbocycles. The predicted octanol–water partition coefficient (Wildman–Crippen LogP) is 5.06. The van der Waals surface area contributed by atoms with Crippen LogP contribution in [0, 0.1) is 6.92 Å². The molecule has 112 valence electrons. The van der Waals surface area contributed by atoms with E-state index in [4.69, 9.17) is 4.74 Å². The van der Waals surface area contributed by atoms with E-state index in [1.807, 2.05) is 0 Å². The van der Waals surface area contributed by atoms with Crippen LogP contribution in [0.25, 0.3) is 0 Å². The van der Waals surface area contributed by atoms with Gasteiger partial charge in [0, 0.05) is 4.88 Å². The number of benzene rings is 1. The lowest BCUT2D eigenvalue weighted by Gasteiger charge is -2.18. The monoisotopic (exact) mass is 365 g/mol. The molecule has 1 atom stereocenters. The van der Waals surface area contributed by atoms with Gasteiger partial charge >= 0.3 is 0 Å². The zero-order chi connectivity index (χ0) is 14.8. The van der Waals surface area contributed by atoms with Crippen LogP contribution in [0.5, 0.6) is 5.75 Å². The molecule has 1 heterocycles. The smallest absolute Gasteiger partial charge is 0.120 e. The van der Waals surface area contributed by atoms with E-state index in [-0.39, 0.29) is 6.04 Å². The normalized spacial score (nSPS) is 16.0.